The van der Waals surface area contributed by atoms with E-state index in [0.29, 0.717) is 30.8 Å². The number of benzene rings is 1. The van der Waals surface area contributed by atoms with Gasteiger partial charge < -0.3 is 10.3 Å². The van der Waals surface area contributed by atoms with E-state index in [-0.39, 0.29) is 6.04 Å². The quantitative estimate of drug-likeness (QED) is 0.501. The molecule has 0 spiro atoms. The van der Waals surface area contributed by atoms with Gasteiger partial charge in [0.05, 0.1) is 12.2 Å². The molecule has 0 fully saturated rings. The maximum absolute atomic E-state index is 13.5. The first kappa shape index (κ1) is 18.9. The van der Waals surface area contributed by atoms with Gasteiger partial charge in [-0.1, -0.05) is 6.07 Å². The number of hydrogen-bond donors (Lipinski definition) is 2. The average molecular weight is 403 g/mol. The maximum atomic E-state index is 13.5. The molecule has 2 aromatic heterocycles. The Bertz CT molecular complexity index is 1160. The Kier molecular flexibility index (Phi) is 4.60. The number of halogens is 1. The Balaban J connectivity index is 1.75. The number of hydrogen-bond acceptors (Lipinski definition) is 4. The molecule has 0 aliphatic heterocycles. The molecule has 28 heavy (non-hydrogen) atoms. The van der Waals surface area contributed by atoms with Crippen molar-refractivity contribution in [3.63, 3.8) is 0 Å². The van der Waals surface area contributed by atoms with Crippen molar-refractivity contribution in [1.29, 1.82) is 0 Å². The molecule has 0 unspecified atom stereocenters. The number of aromatic nitrogens is 2. The third kappa shape index (κ3) is 3.36. The van der Waals surface area contributed by atoms with Crippen LogP contribution in [-0.2, 0) is 29.6 Å². The zero-order valence-corrected chi connectivity index (χ0v) is 16.5. The summed E-state index contributed by atoms with van der Waals surface area (Å²) in [6, 6.07) is 10.2. The van der Waals surface area contributed by atoms with Gasteiger partial charge >= 0.3 is 0 Å². The molecule has 1 aromatic carbocycles. The molecule has 3 aromatic rings. The fourth-order valence-electron chi connectivity index (χ4n) is 3.79. The number of nitrogens with one attached hydrogen (secondary N) is 1. The lowest BCUT2D eigenvalue weighted by molar-refractivity contribution is 0.487. The van der Waals surface area contributed by atoms with E-state index in [1.54, 1.807) is 12.1 Å². The summed E-state index contributed by atoms with van der Waals surface area (Å²) < 4.78 is 44.0. The van der Waals surface area contributed by atoms with Gasteiger partial charge in [0.2, 0.25) is 5.95 Å². The Morgan fingerprint density at radius 3 is 2.79 bits per heavy atom. The lowest BCUT2D eigenvalue weighted by Crippen LogP contribution is -2.42. The molecule has 4 rings (SSSR count). The molecule has 1 atom stereocenters. The molecule has 1 aliphatic carbocycles. The van der Waals surface area contributed by atoms with Crippen LogP contribution in [0.4, 0.5) is 10.1 Å². The summed E-state index contributed by atoms with van der Waals surface area (Å²) in [5.41, 5.74) is 10.3. The van der Waals surface area contributed by atoms with E-state index >= 15 is 0 Å². The minimum Gasteiger partial charge on any atom is -0.399 e. The first-order valence-electron chi connectivity index (χ1n) is 8.95. The van der Waals surface area contributed by atoms with Crippen molar-refractivity contribution in [2.24, 2.45) is 0 Å². The Morgan fingerprint density at radius 1 is 1.29 bits per heavy atom. The molecule has 2 heterocycles. The van der Waals surface area contributed by atoms with Crippen LogP contribution in [-0.4, -0.2) is 42.4 Å². The third-order valence-corrected chi connectivity index (χ3v) is 6.68. The second-order valence-corrected chi connectivity index (χ2v) is 9.17. The van der Waals surface area contributed by atoms with Crippen molar-refractivity contribution < 1.29 is 12.8 Å². The van der Waals surface area contributed by atoms with Gasteiger partial charge in [0, 0.05) is 48.8 Å². The van der Waals surface area contributed by atoms with Gasteiger partial charge in [-0.25, -0.2) is 4.98 Å². The monoisotopic (exact) mass is 403 g/mol. The lowest BCUT2D eigenvalue weighted by atomic mass is 10.1. The van der Waals surface area contributed by atoms with Crippen molar-refractivity contribution in [2.75, 3.05) is 19.8 Å². The topological polar surface area (TPSA) is 93.2 Å². The van der Waals surface area contributed by atoms with Crippen molar-refractivity contribution in [3.05, 3.63) is 59.3 Å². The van der Waals surface area contributed by atoms with E-state index in [4.69, 9.17) is 5.73 Å². The van der Waals surface area contributed by atoms with Crippen molar-refractivity contribution in [2.45, 2.75) is 25.4 Å². The van der Waals surface area contributed by atoms with E-state index in [2.05, 4.69) is 14.3 Å². The minimum atomic E-state index is -3.53. The third-order valence-electron chi connectivity index (χ3n) is 5.09. The first-order valence-corrected chi connectivity index (χ1v) is 10.4. The zero-order chi connectivity index (χ0) is 20.1. The number of rotatable bonds is 5. The van der Waals surface area contributed by atoms with Crippen molar-refractivity contribution in [1.82, 2.24) is 18.6 Å². The highest BCUT2D eigenvalue weighted by Gasteiger charge is 2.31. The summed E-state index contributed by atoms with van der Waals surface area (Å²) in [5, 5.41) is 0.998. The second kappa shape index (κ2) is 6.84. The largest absolute Gasteiger partial charge is 0.399 e. The predicted molar refractivity (Wildman–Crippen MR) is 107 cm³/mol. The van der Waals surface area contributed by atoms with E-state index < -0.39 is 16.2 Å². The van der Waals surface area contributed by atoms with E-state index in [9.17, 15) is 12.8 Å². The molecule has 0 saturated carbocycles. The van der Waals surface area contributed by atoms with Gasteiger partial charge in [-0.2, -0.15) is 21.8 Å². The Labute approximate surface area is 163 Å². The van der Waals surface area contributed by atoms with Gasteiger partial charge in [-0.3, -0.25) is 0 Å². The number of fused-ring (bicyclic) bond motifs is 3. The van der Waals surface area contributed by atoms with Crippen LogP contribution < -0.4 is 10.5 Å². The molecular weight excluding hydrogens is 381 g/mol. The van der Waals surface area contributed by atoms with Crippen LogP contribution in [0, 0.1) is 5.95 Å². The molecule has 0 bridgehead atoms. The van der Waals surface area contributed by atoms with Crippen LogP contribution in [0.2, 0.25) is 0 Å². The van der Waals surface area contributed by atoms with Crippen LogP contribution in [0.15, 0.2) is 36.4 Å². The van der Waals surface area contributed by atoms with Crippen LogP contribution in [0.1, 0.15) is 17.0 Å². The smallest absolute Gasteiger partial charge is 0.279 e. The van der Waals surface area contributed by atoms with Gasteiger partial charge in [-0.05, 0) is 42.3 Å². The maximum Gasteiger partial charge on any atom is 0.279 e. The van der Waals surface area contributed by atoms with Crippen molar-refractivity contribution in [3.8, 4) is 0 Å². The number of nitrogens with zero attached hydrogens (tertiary/aromatic N) is 3. The van der Waals surface area contributed by atoms with E-state index in [0.717, 1.165) is 26.5 Å². The molecule has 3 N–H and O–H groups in total. The van der Waals surface area contributed by atoms with Gasteiger partial charge in [0.15, 0.2) is 0 Å². The fraction of sp³-hybridized carbons (Fsp3) is 0.316. The van der Waals surface area contributed by atoms with E-state index in [1.165, 1.54) is 20.2 Å². The number of nitrogen functional groups attached to an aromatic ring is 1. The summed E-state index contributed by atoms with van der Waals surface area (Å²) in [5.74, 6) is -0.522. The highest BCUT2D eigenvalue weighted by molar-refractivity contribution is 7.87. The molecule has 0 saturated heterocycles. The molecular formula is C19H22FN5O2S. The summed E-state index contributed by atoms with van der Waals surface area (Å²) in [6.07, 6.45) is 1.12. The van der Waals surface area contributed by atoms with Crippen LogP contribution in [0.25, 0.3) is 10.9 Å². The minimum absolute atomic E-state index is 0.241. The molecule has 0 radical (unpaired) electrons. The molecule has 9 heteroatoms. The summed E-state index contributed by atoms with van der Waals surface area (Å²) in [4.78, 5) is 3.97. The summed E-state index contributed by atoms with van der Waals surface area (Å²) >= 11 is 0. The number of pyridine rings is 1. The summed E-state index contributed by atoms with van der Waals surface area (Å²) in [7, 11) is -0.536. The molecule has 1 aliphatic rings. The van der Waals surface area contributed by atoms with Gasteiger partial charge in [0.1, 0.15) is 0 Å². The second-order valence-electron chi connectivity index (χ2n) is 7.25. The van der Waals surface area contributed by atoms with Crippen LogP contribution in [0.3, 0.4) is 0 Å². The average Bonchev–Trinajstić information content (AvgIpc) is 3.13. The summed E-state index contributed by atoms with van der Waals surface area (Å²) in [6.45, 7) is 0.403. The standard InChI is InChI=1S/C19H22FN5O2S/c1-24(2)28(26,27)23-14-9-16-15-8-12(21)6-7-17(15)25(18(16)10-14)11-13-4-3-5-19(20)22-13/h3-8,14,23H,9-11,21H2,1-2H3/t14-/m0/s1. The normalized spacial score (nSPS) is 16.8. The van der Waals surface area contributed by atoms with Gasteiger partial charge in [-0.15, -0.1) is 0 Å². The lowest BCUT2D eigenvalue weighted by Gasteiger charge is -2.18. The zero-order valence-electron chi connectivity index (χ0n) is 15.7. The van der Waals surface area contributed by atoms with Crippen LogP contribution >= 0.6 is 0 Å². The molecule has 0 amide bonds. The number of anilines is 1. The molecule has 7 nitrogen and oxygen atoms in total. The Morgan fingerprint density at radius 2 is 2.07 bits per heavy atom. The predicted octanol–water partition coefficient (Wildman–Crippen LogP) is 1.67. The van der Waals surface area contributed by atoms with Crippen LogP contribution in [0.5, 0.6) is 0 Å². The highest BCUT2D eigenvalue weighted by Crippen LogP contribution is 2.35. The Hall–Kier alpha value is -2.49. The molecule has 148 valence electrons. The first-order chi connectivity index (χ1) is 13.2. The van der Waals surface area contributed by atoms with Gasteiger partial charge in [0.25, 0.3) is 10.2 Å². The highest BCUT2D eigenvalue weighted by atomic mass is 32.2. The van der Waals surface area contributed by atoms with Crippen molar-refractivity contribution >= 4 is 26.8 Å². The number of nitrogens with two attached hydrogens (primary N) is 1. The fourth-order valence-corrected chi connectivity index (χ4v) is 4.59. The van der Waals surface area contributed by atoms with E-state index in [1.807, 2.05) is 18.2 Å². The SMILES string of the molecule is CN(C)S(=O)(=O)N[C@H]1Cc2c(n(Cc3cccc(F)n3)c3ccc(N)cc23)C1.